The SMILES string of the molecule is C[C@H](OC[C@@H](O)C(C)(C)OCOCC[Si](C)(C)C)[C@H]1CC[C@H]2C3=CC=C4C[C@@H](O[Si](C)(C)C(C)(C)C)C[C@H](O[Si](C)(C)C(C)(C)C)[C@]4(C)[C@H]3CC[C@]12C. The van der Waals surface area contributed by atoms with Crippen molar-refractivity contribution in [1.29, 1.82) is 0 Å². The molecule has 3 fully saturated rings. The number of allylic oxidation sites excluding steroid dienone is 3. The van der Waals surface area contributed by atoms with E-state index in [1.165, 1.54) is 19.3 Å². The molecule has 4 rings (SSSR count). The lowest BCUT2D eigenvalue weighted by molar-refractivity contribution is -0.184. The highest BCUT2D eigenvalue weighted by Gasteiger charge is 2.61. The Morgan fingerprint density at radius 1 is 0.830 bits per heavy atom. The monoisotopic (exact) mass is 793 g/mol. The summed E-state index contributed by atoms with van der Waals surface area (Å²) in [6, 6.07) is 1.10. The van der Waals surface area contributed by atoms with Gasteiger partial charge in [0.25, 0.3) is 0 Å². The molecule has 9 atom stereocenters. The minimum absolute atomic E-state index is 0.0253. The van der Waals surface area contributed by atoms with Gasteiger partial charge in [0.2, 0.25) is 0 Å². The molecular formula is C44H84O6Si3. The predicted octanol–water partition coefficient (Wildman–Crippen LogP) is 11.7. The Hall–Kier alpha value is -0.109. The number of aliphatic hydroxyl groups excluding tert-OH is 1. The topological polar surface area (TPSA) is 66.4 Å². The third-order valence-corrected chi connectivity index (χ3v) is 26.3. The van der Waals surface area contributed by atoms with Crippen molar-refractivity contribution >= 4 is 24.7 Å². The van der Waals surface area contributed by atoms with E-state index in [0.717, 1.165) is 25.3 Å². The Morgan fingerprint density at radius 2 is 1.43 bits per heavy atom. The van der Waals surface area contributed by atoms with Crippen molar-refractivity contribution in [2.75, 3.05) is 20.0 Å². The summed E-state index contributed by atoms with van der Waals surface area (Å²) >= 11 is 0. The number of rotatable bonds is 15. The van der Waals surface area contributed by atoms with Gasteiger partial charge in [0, 0.05) is 20.1 Å². The third-order valence-electron chi connectivity index (χ3n) is 15.6. The summed E-state index contributed by atoms with van der Waals surface area (Å²) in [6.45, 7) is 43.3. The lowest BCUT2D eigenvalue weighted by atomic mass is 9.49. The second-order valence-electron chi connectivity index (χ2n) is 22.9. The molecule has 0 heterocycles. The number of hydrogen-bond acceptors (Lipinski definition) is 6. The Balaban J connectivity index is 1.50. The van der Waals surface area contributed by atoms with E-state index >= 15 is 0 Å². The van der Waals surface area contributed by atoms with Crippen LogP contribution in [0, 0.1) is 28.6 Å². The molecule has 0 unspecified atom stereocenters. The molecule has 0 radical (unpaired) electrons. The van der Waals surface area contributed by atoms with Gasteiger partial charge in [-0.05, 0) is 125 Å². The first-order chi connectivity index (χ1) is 24.0. The number of ether oxygens (including phenoxy) is 3. The summed E-state index contributed by atoms with van der Waals surface area (Å²) in [6.07, 6.45) is 11.5. The Bertz CT molecular complexity index is 1320. The first-order valence-electron chi connectivity index (χ1n) is 21.2. The average molecular weight is 793 g/mol. The maximum Gasteiger partial charge on any atom is 0.192 e. The Labute approximate surface area is 330 Å². The zero-order valence-corrected chi connectivity index (χ0v) is 40.8. The van der Waals surface area contributed by atoms with Crippen LogP contribution in [0.5, 0.6) is 0 Å². The fraction of sp³-hybridized carbons (Fsp3) is 0.909. The molecule has 3 saturated carbocycles. The zero-order chi connectivity index (χ0) is 40.2. The highest BCUT2D eigenvalue weighted by Crippen LogP contribution is 2.66. The first kappa shape index (κ1) is 45.6. The van der Waals surface area contributed by atoms with Crippen LogP contribution in [-0.4, -0.2) is 79.8 Å². The first-order valence-corrected chi connectivity index (χ1v) is 30.8. The van der Waals surface area contributed by atoms with Crippen LogP contribution in [0.2, 0.25) is 61.9 Å². The van der Waals surface area contributed by atoms with Gasteiger partial charge in [-0.3, -0.25) is 0 Å². The molecule has 53 heavy (non-hydrogen) atoms. The fourth-order valence-corrected chi connectivity index (χ4v) is 13.0. The van der Waals surface area contributed by atoms with Gasteiger partial charge in [0.1, 0.15) is 12.9 Å². The van der Waals surface area contributed by atoms with Gasteiger partial charge in [-0.1, -0.05) is 98.3 Å². The molecule has 0 spiro atoms. The molecule has 0 amide bonds. The van der Waals surface area contributed by atoms with E-state index in [9.17, 15) is 5.11 Å². The van der Waals surface area contributed by atoms with Gasteiger partial charge in [0.15, 0.2) is 16.6 Å². The van der Waals surface area contributed by atoms with Gasteiger partial charge in [-0.25, -0.2) is 0 Å². The van der Waals surface area contributed by atoms with Crippen molar-refractivity contribution in [2.24, 2.45) is 28.6 Å². The quantitative estimate of drug-likeness (QED) is 0.101. The van der Waals surface area contributed by atoms with E-state index in [0.29, 0.717) is 24.4 Å². The number of hydrogen-bond donors (Lipinski definition) is 1. The molecule has 0 aromatic rings. The van der Waals surface area contributed by atoms with Gasteiger partial charge in [-0.15, -0.1) is 0 Å². The van der Waals surface area contributed by atoms with E-state index in [1.54, 1.807) is 11.1 Å². The molecule has 0 aromatic carbocycles. The van der Waals surface area contributed by atoms with Crippen molar-refractivity contribution in [2.45, 2.75) is 207 Å². The second-order valence-corrected chi connectivity index (χ2v) is 38.1. The molecule has 308 valence electrons. The van der Waals surface area contributed by atoms with E-state index in [1.807, 2.05) is 13.8 Å². The summed E-state index contributed by atoms with van der Waals surface area (Å²) in [5.74, 6) is 1.48. The highest BCUT2D eigenvalue weighted by atomic mass is 28.4. The highest BCUT2D eigenvalue weighted by molar-refractivity contribution is 6.76. The predicted molar refractivity (Wildman–Crippen MR) is 230 cm³/mol. The number of aliphatic hydroxyl groups is 1. The molecule has 0 aromatic heterocycles. The summed E-state index contributed by atoms with van der Waals surface area (Å²) in [7, 11) is -5.15. The van der Waals surface area contributed by atoms with Crippen LogP contribution >= 0.6 is 0 Å². The van der Waals surface area contributed by atoms with Crippen molar-refractivity contribution in [1.82, 2.24) is 0 Å². The van der Waals surface area contributed by atoms with Crippen LogP contribution in [0.1, 0.15) is 115 Å². The van der Waals surface area contributed by atoms with Crippen LogP contribution in [0.4, 0.5) is 0 Å². The molecule has 9 heteroatoms. The van der Waals surface area contributed by atoms with E-state index < -0.39 is 36.4 Å². The largest absolute Gasteiger partial charge is 0.414 e. The minimum atomic E-state index is -2.06. The van der Waals surface area contributed by atoms with Gasteiger partial charge in [-0.2, -0.15) is 0 Å². The normalized spacial score (nSPS) is 32.7. The second kappa shape index (κ2) is 15.9. The molecule has 4 aliphatic rings. The summed E-state index contributed by atoms with van der Waals surface area (Å²) in [4.78, 5) is 0. The fourth-order valence-electron chi connectivity index (χ4n) is 9.49. The molecule has 1 N–H and O–H groups in total. The number of fused-ring (bicyclic) bond motifs is 5. The van der Waals surface area contributed by atoms with Crippen molar-refractivity contribution in [3.63, 3.8) is 0 Å². The lowest BCUT2D eigenvalue weighted by Crippen LogP contribution is -2.58. The minimum Gasteiger partial charge on any atom is -0.414 e. The van der Waals surface area contributed by atoms with Crippen molar-refractivity contribution in [3.8, 4) is 0 Å². The molecule has 0 bridgehead atoms. The van der Waals surface area contributed by atoms with Crippen LogP contribution < -0.4 is 0 Å². The Kier molecular flexibility index (Phi) is 13.7. The molecule has 0 saturated heterocycles. The zero-order valence-electron chi connectivity index (χ0n) is 37.8. The van der Waals surface area contributed by atoms with Crippen LogP contribution in [-0.2, 0) is 23.1 Å². The van der Waals surface area contributed by atoms with Crippen LogP contribution in [0.3, 0.4) is 0 Å². The smallest absolute Gasteiger partial charge is 0.192 e. The molecule has 4 aliphatic carbocycles. The summed E-state index contributed by atoms with van der Waals surface area (Å²) in [5, 5.41) is 11.5. The van der Waals surface area contributed by atoms with Crippen LogP contribution in [0.25, 0.3) is 0 Å². The lowest BCUT2D eigenvalue weighted by Gasteiger charge is -2.59. The van der Waals surface area contributed by atoms with Crippen LogP contribution in [0.15, 0.2) is 23.3 Å². The molecule has 6 nitrogen and oxygen atoms in total. The average Bonchev–Trinajstić information content (AvgIpc) is 3.35. The van der Waals surface area contributed by atoms with Gasteiger partial charge in [0.05, 0.1) is 30.5 Å². The van der Waals surface area contributed by atoms with Gasteiger partial charge >= 0.3 is 0 Å². The van der Waals surface area contributed by atoms with Crippen molar-refractivity contribution in [3.05, 3.63) is 23.3 Å². The third kappa shape index (κ3) is 9.78. The Morgan fingerprint density at radius 3 is 2.02 bits per heavy atom. The summed E-state index contributed by atoms with van der Waals surface area (Å²) in [5.41, 5.74) is 2.62. The van der Waals surface area contributed by atoms with E-state index in [2.05, 4.69) is 120 Å². The van der Waals surface area contributed by atoms with E-state index in [4.69, 9.17) is 23.1 Å². The molecular weight excluding hydrogens is 709 g/mol. The maximum absolute atomic E-state index is 11.2. The summed E-state index contributed by atoms with van der Waals surface area (Å²) < 4.78 is 33.1. The van der Waals surface area contributed by atoms with Crippen molar-refractivity contribution < 1.29 is 28.2 Å². The molecule has 0 aliphatic heterocycles. The maximum atomic E-state index is 11.2. The standard InChI is InChI=1S/C44H84O6Si3/c1-31(47-29-38(45)42(8,9)48-30-46-25-26-51(12,13)14)35-21-22-36-34-20-19-32-27-33(49-52(15,16)40(2,3)4)28-39(50-53(17,18)41(5,6)7)44(32,11)37(34)23-24-43(35,36)10/h19-20,31,33,35-39,45H,21-30H2,1-18H3/t31-,33+,35+,36-,37-,38+,39-,43+,44-/m0/s1. The van der Waals surface area contributed by atoms with Gasteiger partial charge < -0.3 is 28.2 Å². The van der Waals surface area contributed by atoms with E-state index in [-0.39, 0.29) is 52.6 Å².